The second kappa shape index (κ2) is 8.79. The van der Waals surface area contributed by atoms with Gasteiger partial charge >= 0.3 is 0 Å². The molecule has 118 valence electrons. The largest absolute Gasteiger partial charge is 0.508 e. The van der Waals surface area contributed by atoms with Crippen molar-refractivity contribution < 1.29 is 24.4 Å². The van der Waals surface area contributed by atoms with Gasteiger partial charge < -0.3 is 24.4 Å². The van der Waals surface area contributed by atoms with E-state index in [2.05, 4.69) is 0 Å². The van der Waals surface area contributed by atoms with Gasteiger partial charge in [0.2, 0.25) is 0 Å². The SMILES string of the molecule is Oc1ccc(OCCCOCCOc2ccc(O)cc2)cc1. The number of phenolic OH excluding ortho intramolecular Hbond substituents is 2. The number of hydrogen-bond acceptors (Lipinski definition) is 5. The van der Waals surface area contributed by atoms with Crippen LogP contribution in [0.1, 0.15) is 6.42 Å². The van der Waals surface area contributed by atoms with Crippen molar-refractivity contribution in [1.29, 1.82) is 0 Å². The van der Waals surface area contributed by atoms with E-state index in [0.29, 0.717) is 32.2 Å². The van der Waals surface area contributed by atoms with Crippen molar-refractivity contribution in [1.82, 2.24) is 0 Å². The highest BCUT2D eigenvalue weighted by atomic mass is 16.5. The lowest BCUT2D eigenvalue weighted by molar-refractivity contribution is 0.0904. The van der Waals surface area contributed by atoms with E-state index in [4.69, 9.17) is 24.4 Å². The maximum absolute atomic E-state index is 9.14. The Balaban J connectivity index is 1.47. The van der Waals surface area contributed by atoms with Crippen LogP contribution in [-0.4, -0.2) is 36.6 Å². The van der Waals surface area contributed by atoms with Gasteiger partial charge in [-0.3, -0.25) is 0 Å². The van der Waals surface area contributed by atoms with Gasteiger partial charge in [-0.05, 0) is 48.5 Å². The first kappa shape index (κ1) is 16.0. The van der Waals surface area contributed by atoms with Gasteiger partial charge in [0.25, 0.3) is 0 Å². The molecule has 0 radical (unpaired) electrons. The molecule has 0 heterocycles. The van der Waals surface area contributed by atoms with E-state index in [1.54, 1.807) is 48.5 Å². The predicted octanol–water partition coefficient (Wildman–Crippen LogP) is 2.96. The molecule has 0 atom stereocenters. The molecule has 22 heavy (non-hydrogen) atoms. The number of ether oxygens (including phenoxy) is 3. The molecule has 5 nitrogen and oxygen atoms in total. The summed E-state index contributed by atoms with van der Waals surface area (Å²) < 4.78 is 16.4. The van der Waals surface area contributed by atoms with Crippen molar-refractivity contribution in [3.8, 4) is 23.0 Å². The Hall–Kier alpha value is -2.40. The molecule has 2 rings (SSSR count). The zero-order valence-electron chi connectivity index (χ0n) is 12.3. The molecule has 2 aromatic rings. The molecular weight excluding hydrogens is 284 g/mol. The van der Waals surface area contributed by atoms with Gasteiger partial charge in [-0.25, -0.2) is 0 Å². The van der Waals surface area contributed by atoms with Crippen molar-refractivity contribution in [2.45, 2.75) is 6.42 Å². The number of phenols is 2. The topological polar surface area (TPSA) is 68.2 Å². The molecule has 0 aromatic heterocycles. The fourth-order valence-corrected chi connectivity index (χ4v) is 1.76. The predicted molar refractivity (Wildman–Crippen MR) is 82.6 cm³/mol. The Labute approximate surface area is 129 Å². The zero-order valence-corrected chi connectivity index (χ0v) is 12.3. The molecule has 0 aliphatic carbocycles. The Kier molecular flexibility index (Phi) is 6.39. The highest BCUT2D eigenvalue weighted by Gasteiger charge is 1.96. The summed E-state index contributed by atoms with van der Waals surface area (Å²) in [5, 5.41) is 18.3. The summed E-state index contributed by atoms with van der Waals surface area (Å²) in [7, 11) is 0. The summed E-state index contributed by atoms with van der Waals surface area (Å²) in [4.78, 5) is 0. The van der Waals surface area contributed by atoms with Crippen molar-refractivity contribution in [2.24, 2.45) is 0 Å². The molecule has 2 aromatic carbocycles. The van der Waals surface area contributed by atoms with Crippen LogP contribution in [0.25, 0.3) is 0 Å². The smallest absolute Gasteiger partial charge is 0.119 e. The molecular formula is C17H20O5. The lowest BCUT2D eigenvalue weighted by atomic mass is 10.3. The molecule has 0 fully saturated rings. The highest BCUT2D eigenvalue weighted by molar-refractivity contribution is 5.30. The summed E-state index contributed by atoms with van der Waals surface area (Å²) in [6, 6.07) is 13.2. The zero-order chi connectivity index (χ0) is 15.6. The minimum Gasteiger partial charge on any atom is -0.508 e. The Morgan fingerprint density at radius 3 is 1.64 bits per heavy atom. The number of hydrogen-bond donors (Lipinski definition) is 2. The molecule has 0 amide bonds. The van der Waals surface area contributed by atoms with E-state index < -0.39 is 0 Å². The van der Waals surface area contributed by atoms with Crippen LogP contribution in [0.15, 0.2) is 48.5 Å². The van der Waals surface area contributed by atoms with Gasteiger partial charge in [0.05, 0.1) is 13.2 Å². The summed E-state index contributed by atoms with van der Waals surface area (Å²) in [5.74, 6) is 1.88. The minimum absolute atomic E-state index is 0.220. The maximum atomic E-state index is 9.14. The van der Waals surface area contributed by atoms with E-state index in [1.807, 2.05) is 0 Å². The number of aromatic hydroxyl groups is 2. The fourth-order valence-electron chi connectivity index (χ4n) is 1.76. The van der Waals surface area contributed by atoms with Crippen LogP contribution in [0.2, 0.25) is 0 Å². The first-order valence-electron chi connectivity index (χ1n) is 7.15. The van der Waals surface area contributed by atoms with Gasteiger partial charge in [-0.2, -0.15) is 0 Å². The molecule has 0 spiro atoms. The third-order valence-corrected chi connectivity index (χ3v) is 2.87. The molecule has 0 saturated heterocycles. The molecule has 5 heteroatoms. The quantitative estimate of drug-likeness (QED) is 0.697. The Morgan fingerprint density at radius 1 is 0.591 bits per heavy atom. The van der Waals surface area contributed by atoms with Crippen LogP contribution in [-0.2, 0) is 4.74 Å². The molecule has 0 saturated carbocycles. The summed E-state index contributed by atoms with van der Waals surface area (Å²) in [5.41, 5.74) is 0. The number of rotatable bonds is 9. The van der Waals surface area contributed by atoms with E-state index >= 15 is 0 Å². The van der Waals surface area contributed by atoms with Crippen molar-refractivity contribution in [2.75, 3.05) is 26.4 Å². The third-order valence-electron chi connectivity index (χ3n) is 2.87. The van der Waals surface area contributed by atoms with Gasteiger partial charge in [-0.15, -0.1) is 0 Å². The van der Waals surface area contributed by atoms with E-state index in [9.17, 15) is 0 Å². The van der Waals surface area contributed by atoms with Crippen LogP contribution >= 0.6 is 0 Å². The Morgan fingerprint density at radius 2 is 1.09 bits per heavy atom. The standard InChI is InChI=1S/C17H20O5/c18-14-2-6-16(7-3-14)21-11-1-10-20-12-13-22-17-8-4-15(19)5-9-17/h2-9,18-19H,1,10-13H2. The van der Waals surface area contributed by atoms with Gasteiger partial charge in [0.15, 0.2) is 0 Å². The average molecular weight is 304 g/mol. The van der Waals surface area contributed by atoms with Crippen LogP contribution in [0.5, 0.6) is 23.0 Å². The molecule has 0 aliphatic heterocycles. The fraction of sp³-hybridized carbons (Fsp3) is 0.294. The van der Waals surface area contributed by atoms with Crippen LogP contribution < -0.4 is 9.47 Å². The lowest BCUT2D eigenvalue weighted by Gasteiger charge is -2.08. The summed E-state index contributed by atoms with van der Waals surface area (Å²) >= 11 is 0. The van der Waals surface area contributed by atoms with E-state index in [1.165, 1.54) is 0 Å². The first-order chi connectivity index (χ1) is 10.7. The van der Waals surface area contributed by atoms with Crippen LogP contribution in [0.4, 0.5) is 0 Å². The number of benzene rings is 2. The third kappa shape index (κ3) is 5.93. The van der Waals surface area contributed by atoms with Crippen LogP contribution in [0.3, 0.4) is 0 Å². The van der Waals surface area contributed by atoms with Gasteiger partial charge in [0, 0.05) is 13.0 Å². The lowest BCUT2D eigenvalue weighted by Crippen LogP contribution is -2.09. The van der Waals surface area contributed by atoms with Crippen molar-refractivity contribution in [3.63, 3.8) is 0 Å². The highest BCUT2D eigenvalue weighted by Crippen LogP contribution is 2.16. The monoisotopic (exact) mass is 304 g/mol. The van der Waals surface area contributed by atoms with Crippen molar-refractivity contribution >= 4 is 0 Å². The van der Waals surface area contributed by atoms with E-state index in [0.717, 1.165) is 12.2 Å². The molecule has 0 aliphatic rings. The normalized spacial score (nSPS) is 10.4. The van der Waals surface area contributed by atoms with Crippen molar-refractivity contribution in [3.05, 3.63) is 48.5 Å². The van der Waals surface area contributed by atoms with E-state index in [-0.39, 0.29) is 11.5 Å². The second-order valence-electron chi connectivity index (χ2n) is 4.65. The molecule has 2 N–H and O–H groups in total. The average Bonchev–Trinajstić information content (AvgIpc) is 2.53. The Bertz CT molecular complexity index is 484. The van der Waals surface area contributed by atoms with Gasteiger partial charge in [-0.1, -0.05) is 0 Å². The second-order valence-corrected chi connectivity index (χ2v) is 4.65. The maximum Gasteiger partial charge on any atom is 0.119 e. The molecule has 0 unspecified atom stereocenters. The van der Waals surface area contributed by atoms with Gasteiger partial charge in [0.1, 0.15) is 29.6 Å². The molecule has 0 bridgehead atoms. The van der Waals surface area contributed by atoms with Crippen LogP contribution in [0, 0.1) is 0 Å². The first-order valence-corrected chi connectivity index (χ1v) is 7.15. The summed E-state index contributed by atoms with van der Waals surface area (Å²) in [6.07, 6.45) is 0.778. The minimum atomic E-state index is 0.220. The summed E-state index contributed by atoms with van der Waals surface area (Å²) in [6.45, 7) is 2.12.